The molecule has 0 aliphatic carbocycles. The molecule has 3 aromatic rings. The third-order valence-electron chi connectivity index (χ3n) is 4.38. The van der Waals surface area contributed by atoms with E-state index < -0.39 is 0 Å². The van der Waals surface area contributed by atoms with Crippen LogP contribution in [0.15, 0.2) is 39.3 Å². The molecule has 2 aromatic heterocycles. The number of thioether (sulfide) groups is 1. The highest BCUT2D eigenvalue weighted by Gasteiger charge is 2.26. The molecule has 1 amide bonds. The number of carbonyl (C=O) groups excluding carboxylic acids is 1. The number of rotatable bonds is 7. The quantitative estimate of drug-likeness (QED) is 0.482. The molecule has 152 valence electrons. The van der Waals surface area contributed by atoms with Gasteiger partial charge in [-0.2, -0.15) is 4.98 Å². The van der Waals surface area contributed by atoms with E-state index >= 15 is 0 Å². The maximum absolute atomic E-state index is 13.0. The second kappa shape index (κ2) is 9.24. The average molecular weight is 495 g/mol. The number of nitrogens with zero attached hydrogens (tertiary/aromatic N) is 4. The minimum Gasteiger partial charge on any atom is -0.376 e. The minimum absolute atomic E-state index is 0.0307. The van der Waals surface area contributed by atoms with Crippen molar-refractivity contribution in [2.24, 2.45) is 0 Å². The minimum atomic E-state index is -0.0643. The lowest BCUT2D eigenvalue weighted by Crippen LogP contribution is -2.38. The van der Waals surface area contributed by atoms with Gasteiger partial charge in [-0.1, -0.05) is 39.8 Å². The summed E-state index contributed by atoms with van der Waals surface area (Å²) in [5, 5.41) is 9.62. The van der Waals surface area contributed by atoms with Crippen LogP contribution in [0.1, 0.15) is 12.8 Å². The van der Waals surface area contributed by atoms with E-state index in [0.717, 1.165) is 35.2 Å². The Morgan fingerprint density at radius 1 is 1.38 bits per heavy atom. The Morgan fingerprint density at radius 2 is 2.21 bits per heavy atom. The van der Waals surface area contributed by atoms with Crippen LogP contribution in [-0.2, 0) is 9.53 Å². The predicted molar refractivity (Wildman–Crippen MR) is 118 cm³/mol. The highest BCUT2D eigenvalue weighted by molar-refractivity contribution is 9.10. The first kappa shape index (κ1) is 20.3. The smallest absolute Gasteiger partial charge is 0.239 e. The number of H-pyrrole nitrogens is 1. The summed E-state index contributed by atoms with van der Waals surface area (Å²) in [7, 11) is 0. The van der Waals surface area contributed by atoms with Gasteiger partial charge in [0.15, 0.2) is 5.13 Å². The number of aromatic amines is 1. The van der Waals surface area contributed by atoms with Gasteiger partial charge in [0.25, 0.3) is 0 Å². The largest absolute Gasteiger partial charge is 0.376 e. The molecular formula is C18H19BrN6O2S2. The van der Waals surface area contributed by atoms with Crippen molar-refractivity contribution < 1.29 is 9.53 Å². The number of hydrogen-bond donors (Lipinski definition) is 2. The summed E-state index contributed by atoms with van der Waals surface area (Å²) >= 11 is 6.14. The van der Waals surface area contributed by atoms with Gasteiger partial charge in [0.2, 0.25) is 17.0 Å². The lowest BCUT2D eigenvalue weighted by Gasteiger charge is -2.22. The van der Waals surface area contributed by atoms with Crippen LogP contribution in [0.25, 0.3) is 11.3 Å². The van der Waals surface area contributed by atoms with E-state index in [-0.39, 0.29) is 23.7 Å². The molecule has 1 atom stereocenters. The molecule has 8 nitrogen and oxygen atoms in total. The monoisotopic (exact) mass is 494 g/mol. The van der Waals surface area contributed by atoms with Gasteiger partial charge in [-0.05, 0) is 25.0 Å². The maximum atomic E-state index is 13.0. The van der Waals surface area contributed by atoms with Crippen molar-refractivity contribution in [2.45, 2.75) is 24.1 Å². The first-order valence-corrected chi connectivity index (χ1v) is 11.7. The molecule has 0 bridgehead atoms. The van der Waals surface area contributed by atoms with Gasteiger partial charge in [0.1, 0.15) is 0 Å². The van der Waals surface area contributed by atoms with Gasteiger partial charge in [0.05, 0.1) is 24.1 Å². The molecule has 11 heteroatoms. The molecule has 1 aliphatic heterocycles. The number of nitrogens with one attached hydrogen (secondary N) is 1. The summed E-state index contributed by atoms with van der Waals surface area (Å²) in [5.74, 6) is 0.359. The maximum Gasteiger partial charge on any atom is 0.239 e. The molecule has 0 spiro atoms. The topological polar surface area (TPSA) is 110 Å². The fourth-order valence-electron chi connectivity index (χ4n) is 2.95. The van der Waals surface area contributed by atoms with Crippen LogP contribution in [-0.4, -0.2) is 51.1 Å². The normalized spacial score (nSPS) is 16.2. The standard InChI is InChI=1S/C18H19BrN6O2S2/c19-12-5-3-11(4-6-12)14-9-29-18(21-14)25(8-13-2-1-7-27-13)15(26)10-28-17-22-16(20)23-24-17/h3-6,9,13H,1-2,7-8,10H2,(H3,20,22,23,24). The number of aromatic nitrogens is 4. The number of thiazole rings is 1. The van der Waals surface area contributed by atoms with Crippen LogP contribution < -0.4 is 10.6 Å². The van der Waals surface area contributed by atoms with Crippen molar-refractivity contribution in [3.8, 4) is 11.3 Å². The SMILES string of the molecule is Nc1nc(SCC(=O)N(CC2CCCO2)c2nc(-c3ccc(Br)cc3)cs2)n[nH]1. The van der Waals surface area contributed by atoms with Crippen molar-refractivity contribution in [1.82, 2.24) is 20.2 Å². The van der Waals surface area contributed by atoms with E-state index in [2.05, 4.69) is 31.1 Å². The molecule has 1 aliphatic rings. The molecule has 29 heavy (non-hydrogen) atoms. The van der Waals surface area contributed by atoms with Crippen LogP contribution in [0, 0.1) is 0 Å². The van der Waals surface area contributed by atoms with Crippen molar-refractivity contribution in [1.29, 1.82) is 0 Å². The predicted octanol–water partition coefficient (Wildman–Crippen LogP) is 3.58. The molecule has 0 saturated carbocycles. The highest BCUT2D eigenvalue weighted by atomic mass is 79.9. The van der Waals surface area contributed by atoms with E-state index in [1.54, 1.807) is 4.90 Å². The number of carbonyl (C=O) groups is 1. The Kier molecular flexibility index (Phi) is 6.48. The summed E-state index contributed by atoms with van der Waals surface area (Å²) < 4.78 is 6.76. The highest BCUT2D eigenvalue weighted by Crippen LogP contribution is 2.30. The van der Waals surface area contributed by atoms with Crippen LogP contribution in [0.3, 0.4) is 0 Å². The zero-order valence-electron chi connectivity index (χ0n) is 15.4. The summed E-state index contributed by atoms with van der Waals surface area (Å²) in [5.41, 5.74) is 7.40. The van der Waals surface area contributed by atoms with Gasteiger partial charge in [0, 0.05) is 22.0 Å². The van der Waals surface area contributed by atoms with Gasteiger partial charge >= 0.3 is 0 Å². The first-order chi connectivity index (χ1) is 14.1. The number of nitrogen functional groups attached to an aromatic ring is 1. The Balaban J connectivity index is 1.51. The molecule has 3 heterocycles. The Labute approximate surface area is 184 Å². The lowest BCUT2D eigenvalue weighted by atomic mass is 10.2. The number of nitrogens with two attached hydrogens (primary N) is 1. The van der Waals surface area contributed by atoms with Gasteiger partial charge in [-0.15, -0.1) is 16.4 Å². The van der Waals surface area contributed by atoms with Crippen LogP contribution in [0.5, 0.6) is 0 Å². The fourth-order valence-corrected chi connectivity index (χ4v) is 4.75. The van der Waals surface area contributed by atoms with Gasteiger partial charge in [-0.3, -0.25) is 9.69 Å². The molecular weight excluding hydrogens is 476 g/mol. The lowest BCUT2D eigenvalue weighted by molar-refractivity contribution is -0.116. The van der Waals surface area contributed by atoms with Crippen LogP contribution in [0.2, 0.25) is 0 Å². The zero-order chi connectivity index (χ0) is 20.2. The second-order valence-corrected chi connectivity index (χ2v) is 9.15. The van der Waals surface area contributed by atoms with Crippen molar-refractivity contribution in [2.75, 3.05) is 29.5 Å². The second-order valence-electron chi connectivity index (χ2n) is 6.45. The molecule has 0 radical (unpaired) electrons. The number of benzene rings is 1. The summed E-state index contributed by atoms with van der Waals surface area (Å²) in [6, 6.07) is 7.95. The number of halogens is 1. The summed E-state index contributed by atoms with van der Waals surface area (Å²) in [6.07, 6.45) is 1.99. The molecule has 4 rings (SSSR count). The Morgan fingerprint density at radius 3 is 2.90 bits per heavy atom. The molecule has 1 fully saturated rings. The molecule has 1 aromatic carbocycles. The Hall–Kier alpha value is -1.95. The first-order valence-electron chi connectivity index (χ1n) is 9.02. The van der Waals surface area contributed by atoms with E-state index in [4.69, 9.17) is 15.5 Å². The average Bonchev–Trinajstić information content (AvgIpc) is 3.47. The van der Waals surface area contributed by atoms with Crippen LogP contribution in [0.4, 0.5) is 11.1 Å². The Bertz CT molecular complexity index is 971. The van der Waals surface area contributed by atoms with Crippen molar-refractivity contribution >= 4 is 56.0 Å². The summed E-state index contributed by atoms with van der Waals surface area (Å²) in [4.78, 5) is 23.5. The zero-order valence-corrected chi connectivity index (χ0v) is 18.6. The van der Waals surface area contributed by atoms with E-state index in [1.165, 1.54) is 23.1 Å². The number of amides is 1. The van der Waals surface area contributed by atoms with E-state index in [1.807, 2.05) is 29.6 Å². The van der Waals surface area contributed by atoms with E-state index in [9.17, 15) is 4.79 Å². The molecule has 1 saturated heterocycles. The number of anilines is 2. The number of ether oxygens (including phenoxy) is 1. The fraction of sp³-hybridized carbons (Fsp3) is 0.333. The van der Waals surface area contributed by atoms with Crippen molar-refractivity contribution in [3.05, 3.63) is 34.1 Å². The van der Waals surface area contributed by atoms with Crippen LogP contribution >= 0.6 is 39.0 Å². The molecule has 1 unspecified atom stereocenters. The van der Waals surface area contributed by atoms with Gasteiger partial charge < -0.3 is 10.5 Å². The third kappa shape index (κ3) is 5.16. The third-order valence-corrected chi connectivity index (χ3v) is 6.61. The number of hydrogen-bond acceptors (Lipinski definition) is 8. The summed E-state index contributed by atoms with van der Waals surface area (Å²) in [6.45, 7) is 1.22. The molecule has 3 N–H and O–H groups in total. The van der Waals surface area contributed by atoms with Gasteiger partial charge in [-0.25, -0.2) is 10.1 Å². The van der Waals surface area contributed by atoms with Crippen molar-refractivity contribution in [3.63, 3.8) is 0 Å². The van der Waals surface area contributed by atoms with E-state index in [0.29, 0.717) is 16.8 Å².